The van der Waals surface area contributed by atoms with Crippen LogP contribution in [0, 0.1) is 0 Å². The van der Waals surface area contributed by atoms with E-state index in [1.165, 1.54) is 22.5 Å². The molecule has 2 aliphatic heterocycles. The predicted molar refractivity (Wildman–Crippen MR) is 166 cm³/mol. The van der Waals surface area contributed by atoms with Gasteiger partial charge in [0.25, 0.3) is 0 Å². The largest absolute Gasteiger partial charge is 0.497 e. The number of nitrogens with zero attached hydrogens (tertiary/aromatic N) is 3. The fourth-order valence-corrected chi connectivity index (χ4v) is 5.55. The molecule has 0 spiro atoms. The zero-order valence-corrected chi connectivity index (χ0v) is 25.3. The number of hydrogen-bond donors (Lipinski definition) is 0. The molecular weight excluding hydrogens is 526 g/mol. The van der Waals surface area contributed by atoms with Crippen molar-refractivity contribution in [2.75, 3.05) is 26.8 Å². The molecule has 0 radical (unpaired) electrons. The molecule has 42 heavy (non-hydrogen) atoms. The number of ether oxygens (including phenoxy) is 3. The van der Waals surface area contributed by atoms with Crippen LogP contribution in [0.15, 0.2) is 78.0 Å². The van der Waals surface area contributed by atoms with E-state index in [1.807, 2.05) is 55.5 Å². The van der Waals surface area contributed by atoms with Crippen molar-refractivity contribution in [2.45, 2.75) is 71.3 Å². The van der Waals surface area contributed by atoms with Crippen molar-refractivity contribution < 1.29 is 19.0 Å². The molecule has 0 saturated carbocycles. The molecule has 3 aromatic rings. The Balaban J connectivity index is 1.17. The molecule has 0 saturated heterocycles. The zero-order valence-electron chi connectivity index (χ0n) is 25.3. The molecule has 0 amide bonds. The van der Waals surface area contributed by atoms with Gasteiger partial charge in [0.2, 0.25) is 0 Å². The highest BCUT2D eigenvalue weighted by atomic mass is 16.6. The second-order valence-corrected chi connectivity index (χ2v) is 11.0. The van der Waals surface area contributed by atoms with Crippen LogP contribution in [0.2, 0.25) is 0 Å². The molecule has 7 nitrogen and oxygen atoms in total. The van der Waals surface area contributed by atoms with Crippen LogP contribution in [-0.2, 0) is 35.4 Å². The Morgan fingerprint density at radius 1 is 1.02 bits per heavy atom. The fourth-order valence-electron chi connectivity index (χ4n) is 5.55. The summed E-state index contributed by atoms with van der Waals surface area (Å²) in [6.07, 6.45) is 7.19. The minimum atomic E-state index is -0.328. The number of benzene rings is 2. The highest BCUT2D eigenvalue weighted by molar-refractivity contribution is 5.81. The minimum absolute atomic E-state index is 0.168. The molecule has 3 heterocycles. The normalized spacial score (nSPS) is 20.7. The number of pyridine rings is 1. The molecule has 2 aromatic carbocycles. The third kappa shape index (κ3) is 7.58. The summed E-state index contributed by atoms with van der Waals surface area (Å²) >= 11 is 0. The van der Waals surface area contributed by atoms with Gasteiger partial charge in [0.05, 0.1) is 12.8 Å². The first-order chi connectivity index (χ1) is 20.6. The summed E-state index contributed by atoms with van der Waals surface area (Å²) in [5.74, 6) is 1.53. The van der Waals surface area contributed by atoms with Gasteiger partial charge >= 0.3 is 0 Å². The highest BCUT2D eigenvalue weighted by Gasteiger charge is 2.30. The number of methoxy groups -OCH3 is 1. The number of hydrogen-bond acceptors (Lipinski definition) is 7. The van der Waals surface area contributed by atoms with Gasteiger partial charge in [-0.3, -0.25) is 9.88 Å². The Labute approximate surface area is 250 Å². The van der Waals surface area contributed by atoms with Gasteiger partial charge in [-0.1, -0.05) is 61.5 Å². The molecule has 0 N–H and O–H groups in total. The Bertz CT molecular complexity index is 1360. The third-order valence-electron chi connectivity index (χ3n) is 8.01. The number of fused-ring (bicyclic) bond motifs is 1. The van der Waals surface area contributed by atoms with Gasteiger partial charge in [0, 0.05) is 43.9 Å². The standard InChI is InChI=1S/C35H43N3O4/c1-5-26-22-28-23-38(21-19-32(28)36-31(26)6-2)20-18-25(3)37-40-24-35-34(41-30-14-12-29(39-4)13-15-30)17-16-33(42-35)27-10-8-7-9-11-27/h7-17,22,33-35H,5-6,18-21,23-24H2,1-4H3/t33-,34-,35+/m0/s1. The summed E-state index contributed by atoms with van der Waals surface area (Å²) in [6, 6.07) is 20.1. The summed E-state index contributed by atoms with van der Waals surface area (Å²) < 4.78 is 18.0. The number of aryl methyl sites for hydroxylation is 2. The van der Waals surface area contributed by atoms with E-state index in [0.717, 1.165) is 68.1 Å². The van der Waals surface area contributed by atoms with Crippen molar-refractivity contribution in [1.82, 2.24) is 9.88 Å². The van der Waals surface area contributed by atoms with E-state index >= 15 is 0 Å². The molecule has 0 bridgehead atoms. The molecule has 7 heteroatoms. The summed E-state index contributed by atoms with van der Waals surface area (Å²) in [5, 5.41) is 4.46. The average molecular weight is 570 g/mol. The van der Waals surface area contributed by atoms with Gasteiger partial charge in [-0.2, -0.15) is 0 Å². The maximum Gasteiger partial charge on any atom is 0.147 e. The Morgan fingerprint density at radius 3 is 2.55 bits per heavy atom. The van der Waals surface area contributed by atoms with Crippen LogP contribution < -0.4 is 9.47 Å². The first-order valence-electron chi connectivity index (χ1n) is 15.1. The maximum atomic E-state index is 6.46. The quantitative estimate of drug-likeness (QED) is 0.141. The monoisotopic (exact) mass is 569 g/mol. The van der Waals surface area contributed by atoms with Crippen LogP contribution in [0.25, 0.3) is 0 Å². The van der Waals surface area contributed by atoms with Crippen LogP contribution in [0.5, 0.6) is 11.5 Å². The van der Waals surface area contributed by atoms with E-state index < -0.39 is 0 Å². The van der Waals surface area contributed by atoms with Crippen molar-refractivity contribution in [1.29, 1.82) is 0 Å². The van der Waals surface area contributed by atoms with Crippen LogP contribution in [0.3, 0.4) is 0 Å². The van der Waals surface area contributed by atoms with E-state index in [4.69, 9.17) is 24.0 Å². The molecule has 222 valence electrons. The number of rotatable bonds is 12. The van der Waals surface area contributed by atoms with E-state index in [-0.39, 0.29) is 24.9 Å². The maximum absolute atomic E-state index is 6.46. The van der Waals surface area contributed by atoms with Gasteiger partial charge in [0.1, 0.15) is 36.4 Å². The molecule has 0 unspecified atom stereocenters. The van der Waals surface area contributed by atoms with Gasteiger partial charge < -0.3 is 19.0 Å². The van der Waals surface area contributed by atoms with Crippen molar-refractivity contribution in [2.24, 2.45) is 5.16 Å². The number of oxime groups is 1. The van der Waals surface area contributed by atoms with Crippen LogP contribution >= 0.6 is 0 Å². The molecule has 2 aliphatic rings. The zero-order chi connectivity index (χ0) is 29.3. The second-order valence-electron chi connectivity index (χ2n) is 11.0. The highest BCUT2D eigenvalue weighted by Crippen LogP contribution is 2.29. The van der Waals surface area contributed by atoms with Gasteiger partial charge in [-0.15, -0.1) is 0 Å². The lowest BCUT2D eigenvalue weighted by Gasteiger charge is -2.32. The Kier molecular flexibility index (Phi) is 10.3. The molecule has 1 aromatic heterocycles. The van der Waals surface area contributed by atoms with Crippen molar-refractivity contribution >= 4 is 5.71 Å². The van der Waals surface area contributed by atoms with Crippen molar-refractivity contribution in [3.63, 3.8) is 0 Å². The molecule has 0 fully saturated rings. The predicted octanol–water partition coefficient (Wildman–Crippen LogP) is 6.50. The lowest BCUT2D eigenvalue weighted by molar-refractivity contribution is -0.0878. The number of aromatic nitrogens is 1. The minimum Gasteiger partial charge on any atom is -0.497 e. The lowest BCUT2D eigenvalue weighted by Crippen LogP contribution is -2.39. The van der Waals surface area contributed by atoms with Gasteiger partial charge in [-0.25, -0.2) is 0 Å². The van der Waals surface area contributed by atoms with Crippen molar-refractivity contribution in [3.05, 3.63) is 101 Å². The first kappa shape index (κ1) is 29.8. The third-order valence-corrected chi connectivity index (χ3v) is 8.01. The summed E-state index contributed by atoms with van der Waals surface area (Å²) in [4.78, 5) is 13.3. The lowest BCUT2D eigenvalue weighted by atomic mass is 9.99. The smallest absolute Gasteiger partial charge is 0.147 e. The van der Waals surface area contributed by atoms with E-state index in [0.29, 0.717) is 0 Å². The molecule has 0 aliphatic carbocycles. The van der Waals surface area contributed by atoms with Crippen LogP contribution in [0.4, 0.5) is 0 Å². The van der Waals surface area contributed by atoms with Crippen LogP contribution in [0.1, 0.15) is 61.4 Å². The summed E-state index contributed by atoms with van der Waals surface area (Å²) in [6.45, 7) is 9.64. The Morgan fingerprint density at radius 2 is 1.81 bits per heavy atom. The second kappa shape index (κ2) is 14.5. The van der Waals surface area contributed by atoms with Gasteiger partial charge in [0.15, 0.2) is 0 Å². The summed E-state index contributed by atoms with van der Waals surface area (Å²) in [5.41, 5.74) is 7.35. The van der Waals surface area contributed by atoms with Crippen molar-refractivity contribution in [3.8, 4) is 11.5 Å². The average Bonchev–Trinajstić information content (AvgIpc) is 3.04. The SMILES string of the molecule is CCc1cc2c(nc1CC)CCN(CCC(C)=NOC[C@H]1O[C@H](c3ccccc3)C=C[C@@H]1Oc1ccc(OC)cc1)C2. The topological polar surface area (TPSA) is 65.4 Å². The van der Waals surface area contributed by atoms with Crippen LogP contribution in [-0.4, -0.2) is 54.6 Å². The molecule has 5 rings (SSSR count). The summed E-state index contributed by atoms with van der Waals surface area (Å²) in [7, 11) is 1.65. The van der Waals surface area contributed by atoms with E-state index in [9.17, 15) is 0 Å². The molecule has 3 atom stereocenters. The first-order valence-corrected chi connectivity index (χ1v) is 15.1. The molecular formula is C35H43N3O4. The van der Waals surface area contributed by atoms with E-state index in [1.54, 1.807) is 7.11 Å². The van der Waals surface area contributed by atoms with E-state index in [2.05, 4.69) is 48.2 Å². The Hall–Kier alpha value is -3.68. The van der Waals surface area contributed by atoms with Gasteiger partial charge in [-0.05, 0) is 66.8 Å². The fraction of sp³-hybridized carbons (Fsp3) is 0.429.